The van der Waals surface area contributed by atoms with Crippen LogP contribution in [0, 0.1) is 0 Å². The van der Waals surface area contributed by atoms with E-state index in [0.29, 0.717) is 19.6 Å². The number of amides is 2. The number of nitrogens with one attached hydrogen (secondary N) is 1. The van der Waals surface area contributed by atoms with Crippen LogP contribution in [0.25, 0.3) is 10.6 Å². The molecule has 1 atom stereocenters. The number of alkyl carbamates (subject to hydrolysis) is 1. The van der Waals surface area contributed by atoms with E-state index in [1.807, 2.05) is 75.4 Å². The summed E-state index contributed by atoms with van der Waals surface area (Å²) in [5.74, 6) is 0.742. The van der Waals surface area contributed by atoms with Crippen molar-refractivity contribution in [3.8, 4) is 16.3 Å². The second kappa shape index (κ2) is 11.4. The number of carbonyl (C=O) groups is 2. The number of nitrogens with zero attached hydrogens (tertiary/aromatic N) is 2. The first-order valence-electron chi connectivity index (χ1n) is 11.9. The fraction of sp³-hybridized carbons (Fsp3) is 0.370. The molecule has 3 aromatic rings. The molecule has 0 aliphatic carbocycles. The second-order valence-corrected chi connectivity index (χ2v) is 10.6. The molecule has 9 heteroatoms. The average molecular weight is 510 g/mol. The summed E-state index contributed by atoms with van der Waals surface area (Å²) in [7, 11) is 0. The quantitative estimate of drug-likeness (QED) is 0.444. The molecule has 0 spiro atoms. The Balaban J connectivity index is 1.23. The Morgan fingerprint density at radius 2 is 1.86 bits per heavy atom. The predicted octanol–water partition coefficient (Wildman–Crippen LogP) is 5.62. The Hall–Kier alpha value is -3.59. The largest absolute Gasteiger partial charge is 0.489 e. The van der Waals surface area contributed by atoms with Crippen LogP contribution in [0.2, 0.25) is 0 Å². The molecule has 1 aromatic heterocycles. The standard InChI is InChI=1S/C27H31N3O5S/c1-27(2,3)35-25(31)29-16-23-15-28-24(36-23)20-9-11-21(12-10-20)34-22-13-14-30(17-22)26(32)33-18-19-7-5-4-6-8-19/h4-12,15,22H,13-14,16-18H2,1-3H3,(H,29,31)/t22-/m1/s1. The summed E-state index contributed by atoms with van der Waals surface area (Å²) in [6.45, 7) is 7.21. The maximum atomic E-state index is 12.4. The maximum Gasteiger partial charge on any atom is 0.410 e. The van der Waals surface area contributed by atoms with Gasteiger partial charge in [-0.25, -0.2) is 14.6 Å². The van der Waals surface area contributed by atoms with Crippen LogP contribution in [0.3, 0.4) is 0 Å². The molecule has 1 N–H and O–H groups in total. The minimum Gasteiger partial charge on any atom is -0.489 e. The third-order valence-corrected chi connectivity index (χ3v) is 6.42. The highest BCUT2D eigenvalue weighted by molar-refractivity contribution is 7.15. The van der Waals surface area contributed by atoms with Gasteiger partial charge in [-0.05, 0) is 50.6 Å². The van der Waals surface area contributed by atoms with E-state index >= 15 is 0 Å². The van der Waals surface area contributed by atoms with E-state index < -0.39 is 11.7 Å². The van der Waals surface area contributed by atoms with E-state index in [9.17, 15) is 9.59 Å². The summed E-state index contributed by atoms with van der Waals surface area (Å²) < 4.78 is 16.8. The van der Waals surface area contributed by atoms with E-state index in [1.54, 1.807) is 11.1 Å². The monoisotopic (exact) mass is 509 g/mol. The number of carbonyl (C=O) groups excluding carboxylic acids is 2. The van der Waals surface area contributed by atoms with Crippen LogP contribution < -0.4 is 10.1 Å². The van der Waals surface area contributed by atoms with Gasteiger partial charge in [0.25, 0.3) is 0 Å². The molecule has 1 aliphatic heterocycles. The van der Waals surface area contributed by atoms with Gasteiger partial charge in [-0.15, -0.1) is 11.3 Å². The molecule has 0 saturated carbocycles. The Kier molecular flexibility index (Phi) is 8.10. The number of ether oxygens (including phenoxy) is 3. The van der Waals surface area contributed by atoms with Gasteiger partial charge in [-0.3, -0.25) is 0 Å². The van der Waals surface area contributed by atoms with Gasteiger partial charge in [-0.2, -0.15) is 0 Å². The van der Waals surface area contributed by atoms with Crippen LogP contribution in [0.15, 0.2) is 60.8 Å². The first-order chi connectivity index (χ1) is 17.2. The Labute approximate surface area is 215 Å². The average Bonchev–Trinajstić information content (AvgIpc) is 3.51. The number of hydrogen-bond acceptors (Lipinski definition) is 7. The van der Waals surface area contributed by atoms with Gasteiger partial charge < -0.3 is 24.4 Å². The molecule has 2 amide bonds. The lowest BCUT2D eigenvalue weighted by Crippen LogP contribution is -2.31. The molecular formula is C27H31N3O5S. The van der Waals surface area contributed by atoms with Gasteiger partial charge in [0, 0.05) is 29.6 Å². The van der Waals surface area contributed by atoms with Crippen LogP contribution in [-0.2, 0) is 22.6 Å². The van der Waals surface area contributed by atoms with Crippen LogP contribution in [-0.4, -0.2) is 46.9 Å². The second-order valence-electron chi connectivity index (χ2n) is 9.53. The number of aromatic nitrogens is 1. The first kappa shape index (κ1) is 25.5. The van der Waals surface area contributed by atoms with E-state index in [0.717, 1.165) is 33.2 Å². The normalized spacial score (nSPS) is 15.4. The zero-order valence-corrected chi connectivity index (χ0v) is 21.5. The number of likely N-dealkylation sites (tertiary alicyclic amines) is 1. The molecule has 1 aliphatic rings. The maximum absolute atomic E-state index is 12.4. The lowest BCUT2D eigenvalue weighted by molar-refractivity contribution is 0.0524. The van der Waals surface area contributed by atoms with Crippen LogP contribution in [0.5, 0.6) is 5.75 Å². The van der Waals surface area contributed by atoms with Crippen molar-refractivity contribution < 1.29 is 23.8 Å². The van der Waals surface area contributed by atoms with Crippen molar-refractivity contribution >= 4 is 23.5 Å². The molecule has 36 heavy (non-hydrogen) atoms. The molecule has 8 nitrogen and oxygen atoms in total. The number of benzene rings is 2. The van der Waals surface area contributed by atoms with Crippen molar-refractivity contribution in [1.29, 1.82) is 0 Å². The summed E-state index contributed by atoms with van der Waals surface area (Å²) >= 11 is 1.51. The first-order valence-corrected chi connectivity index (χ1v) is 12.7. The van der Waals surface area contributed by atoms with Gasteiger partial charge in [-0.1, -0.05) is 30.3 Å². The van der Waals surface area contributed by atoms with Gasteiger partial charge in [0.05, 0.1) is 13.1 Å². The van der Waals surface area contributed by atoms with Crippen molar-refractivity contribution in [3.05, 3.63) is 71.2 Å². The number of hydrogen-bond donors (Lipinski definition) is 1. The van der Waals surface area contributed by atoms with Crippen LogP contribution >= 0.6 is 11.3 Å². The third kappa shape index (κ3) is 7.45. The van der Waals surface area contributed by atoms with Gasteiger partial charge in [0.1, 0.15) is 29.1 Å². The molecule has 2 aromatic carbocycles. The Morgan fingerprint density at radius 3 is 2.58 bits per heavy atom. The summed E-state index contributed by atoms with van der Waals surface area (Å²) in [4.78, 5) is 31.3. The zero-order chi connectivity index (χ0) is 25.5. The highest BCUT2D eigenvalue weighted by atomic mass is 32.1. The topological polar surface area (TPSA) is 90.0 Å². The number of thiazole rings is 1. The molecule has 2 heterocycles. The molecular weight excluding hydrogens is 478 g/mol. The summed E-state index contributed by atoms with van der Waals surface area (Å²) in [5, 5.41) is 3.61. The fourth-order valence-corrected chi connectivity index (χ4v) is 4.52. The SMILES string of the molecule is CC(C)(C)OC(=O)NCc1cnc(-c2ccc(O[C@@H]3CCN(C(=O)OCc4ccccc4)C3)cc2)s1. The van der Waals surface area contributed by atoms with Crippen molar-refractivity contribution in [2.75, 3.05) is 13.1 Å². The summed E-state index contributed by atoms with van der Waals surface area (Å²) in [6, 6.07) is 17.4. The third-order valence-electron chi connectivity index (χ3n) is 5.37. The Morgan fingerprint density at radius 1 is 1.11 bits per heavy atom. The van der Waals surface area contributed by atoms with Crippen molar-refractivity contribution in [1.82, 2.24) is 15.2 Å². The minimum atomic E-state index is -0.533. The molecule has 1 saturated heterocycles. The molecule has 0 unspecified atom stereocenters. The van der Waals surface area contributed by atoms with Gasteiger partial charge in [0.15, 0.2) is 0 Å². The highest BCUT2D eigenvalue weighted by Gasteiger charge is 2.28. The molecule has 1 fully saturated rings. The van der Waals surface area contributed by atoms with Crippen LogP contribution in [0.1, 0.15) is 37.6 Å². The van der Waals surface area contributed by atoms with Gasteiger partial charge in [0.2, 0.25) is 0 Å². The highest BCUT2D eigenvalue weighted by Crippen LogP contribution is 2.28. The zero-order valence-electron chi connectivity index (χ0n) is 20.7. The molecule has 0 bridgehead atoms. The predicted molar refractivity (Wildman–Crippen MR) is 138 cm³/mol. The van der Waals surface area contributed by atoms with Gasteiger partial charge >= 0.3 is 12.2 Å². The van der Waals surface area contributed by atoms with E-state index in [-0.39, 0.29) is 18.8 Å². The molecule has 4 rings (SSSR count). The van der Waals surface area contributed by atoms with Crippen molar-refractivity contribution in [3.63, 3.8) is 0 Å². The Bertz CT molecular complexity index is 1160. The smallest absolute Gasteiger partial charge is 0.410 e. The minimum absolute atomic E-state index is 0.0782. The van der Waals surface area contributed by atoms with Crippen LogP contribution in [0.4, 0.5) is 9.59 Å². The van der Waals surface area contributed by atoms with E-state index in [1.165, 1.54) is 11.3 Å². The lowest BCUT2D eigenvalue weighted by atomic mass is 10.2. The number of rotatable bonds is 7. The summed E-state index contributed by atoms with van der Waals surface area (Å²) in [5.41, 5.74) is 1.40. The van der Waals surface area contributed by atoms with E-state index in [2.05, 4.69) is 10.3 Å². The van der Waals surface area contributed by atoms with E-state index in [4.69, 9.17) is 14.2 Å². The van der Waals surface area contributed by atoms with Crippen molar-refractivity contribution in [2.45, 2.75) is 52.0 Å². The lowest BCUT2D eigenvalue weighted by Gasteiger charge is -2.19. The summed E-state index contributed by atoms with van der Waals surface area (Å²) in [6.07, 6.45) is 1.66. The fourth-order valence-electron chi connectivity index (χ4n) is 3.67. The van der Waals surface area contributed by atoms with Crippen molar-refractivity contribution in [2.24, 2.45) is 0 Å². The molecule has 0 radical (unpaired) electrons. The molecule has 190 valence electrons.